The molecule has 0 aliphatic rings. The molecular formula is C13H18N2. The summed E-state index contributed by atoms with van der Waals surface area (Å²) in [5.41, 5.74) is 3.52. The maximum atomic E-state index is 4.57. The van der Waals surface area contributed by atoms with Crippen LogP contribution in [0.15, 0.2) is 18.2 Å². The standard InChI is InChI=1S/C13H18N2/c1-9(2)4-7-13-14-11-6-5-10(3)8-12(11)15-13/h5-6,8-9H,4,7H2,1-3H3,(H,14,15). The molecule has 0 unspecified atom stereocenters. The van der Waals surface area contributed by atoms with Gasteiger partial charge in [0.25, 0.3) is 0 Å². The lowest BCUT2D eigenvalue weighted by molar-refractivity contribution is 0.577. The monoisotopic (exact) mass is 202 g/mol. The Morgan fingerprint density at radius 3 is 2.87 bits per heavy atom. The van der Waals surface area contributed by atoms with E-state index in [2.05, 4.69) is 48.9 Å². The Bertz CT molecular complexity index is 455. The number of nitrogens with one attached hydrogen (secondary N) is 1. The number of H-pyrrole nitrogens is 1. The van der Waals surface area contributed by atoms with Crippen molar-refractivity contribution in [3.63, 3.8) is 0 Å². The zero-order chi connectivity index (χ0) is 10.8. The summed E-state index contributed by atoms with van der Waals surface area (Å²) in [5.74, 6) is 1.85. The van der Waals surface area contributed by atoms with Gasteiger partial charge in [-0.1, -0.05) is 19.9 Å². The molecule has 0 aliphatic heterocycles. The summed E-state index contributed by atoms with van der Waals surface area (Å²) in [6.07, 6.45) is 2.24. The summed E-state index contributed by atoms with van der Waals surface area (Å²) in [4.78, 5) is 7.95. The van der Waals surface area contributed by atoms with Crippen LogP contribution in [0.2, 0.25) is 0 Å². The molecule has 1 aromatic carbocycles. The second kappa shape index (κ2) is 4.05. The van der Waals surface area contributed by atoms with E-state index in [4.69, 9.17) is 0 Å². The molecule has 2 aromatic rings. The quantitative estimate of drug-likeness (QED) is 0.811. The van der Waals surface area contributed by atoms with E-state index in [0.717, 1.165) is 29.2 Å². The van der Waals surface area contributed by atoms with Gasteiger partial charge in [-0.15, -0.1) is 0 Å². The number of aromatic amines is 1. The maximum absolute atomic E-state index is 4.57. The third-order valence-electron chi connectivity index (χ3n) is 2.64. The van der Waals surface area contributed by atoms with Crippen molar-refractivity contribution in [3.05, 3.63) is 29.6 Å². The fourth-order valence-electron chi connectivity index (χ4n) is 1.72. The van der Waals surface area contributed by atoms with Crippen LogP contribution in [-0.4, -0.2) is 9.97 Å². The van der Waals surface area contributed by atoms with Crippen LogP contribution in [-0.2, 0) is 6.42 Å². The summed E-state index contributed by atoms with van der Waals surface area (Å²) >= 11 is 0. The number of imidazole rings is 1. The summed E-state index contributed by atoms with van der Waals surface area (Å²) in [6, 6.07) is 6.34. The van der Waals surface area contributed by atoms with E-state index in [0.29, 0.717) is 0 Å². The van der Waals surface area contributed by atoms with Crippen molar-refractivity contribution in [3.8, 4) is 0 Å². The molecule has 1 heterocycles. The molecule has 0 amide bonds. The van der Waals surface area contributed by atoms with Crippen molar-refractivity contribution in [1.29, 1.82) is 0 Å². The van der Waals surface area contributed by atoms with E-state index in [-0.39, 0.29) is 0 Å². The van der Waals surface area contributed by atoms with Crippen LogP contribution in [0.4, 0.5) is 0 Å². The van der Waals surface area contributed by atoms with E-state index in [9.17, 15) is 0 Å². The summed E-state index contributed by atoms with van der Waals surface area (Å²) in [5, 5.41) is 0. The zero-order valence-corrected chi connectivity index (χ0v) is 9.67. The van der Waals surface area contributed by atoms with E-state index in [1.807, 2.05) is 0 Å². The molecule has 0 spiro atoms. The third kappa shape index (κ3) is 2.38. The van der Waals surface area contributed by atoms with E-state index in [1.54, 1.807) is 0 Å². The number of fused-ring (bicyclic) bond motifs is 1. The van der Waals surface area contributed by atoms with Crippen LogP contribution >= 0.6 is 0 Å². The predicted octanol–water partition coefficient (Wildman–Crippen LogP) is 3.46. The zero-order valence-electron chi connectivity index (χ0n) is 9.67. The molecule has 2 nitrogen and oxygen atoms in total. The maximum Gasteiger partial charge on any atom is 0.107 e. The smallest absolute Gasteiger partial charge is 0.107 e. The van der Waals surface area contributed by atoms with E-state index in [1.165, 1.54) is 12.0 Å². The Balaban J connectivity index is 2.23. The van der Waals surface area contributed by atoms with Crippen LogP contribution in [0.1, 0.15) is 31.7 Å². The van der Waals surface area contributed by atoms with Crippen molar-refractivity contribution in [2.24, 2.45) is 5.92 Å². The van der Waals surface area contributed by atoms with Crippen LogP contribution < -0.4 is 0 Å². The van der Waals surface area contributed by atoms with Gasteiger partial charge in [0.2, 0.25) is 0 Å². The number of hydrogen-bond acceptors (Lipinski definition) is 1. The topological polar surface area (TPSA) is 28.7 Å². The largest absolute Gasteiger partial charge is 0.342 e. The molecule has 0 saturated heterocycles. The first-order valence-electron chi connectivity index (χ1n) is 5.60. The number of benzene rings is 1. The van der Waals surface area contributed by atoms with Gasteiger partial charge in [0.1, 0.15) is 5.82 Å². The molecule has 0 atom stereocenters. The van der Waals surface area contributed by atoms with Crippen LogP contribution in [0.3, 0.4) is 0 Å². The SMILES string of the molecule is Cc1ccc2nc(CCC(C)C)[nH]c2c1. The van der Waals surface area contributed by atoms with Crippen molar-refractivity contribution in [1.82, 2.24) is 9.97 Å². The lowest BCUT2D eigenvalue weighted by Gasteiger charge is -2.00. The molecule has 0 radical (unpaired) electrons. The first kappa shape index (κ1) is 10.2. The average Bonchev–Trinajstić information content (AvgIpc) is 2.56. The summed E-state index contributed by atoms with van der Waals surface area (Å²) in [7, 11) is 0. The second-order valence-corrected chi connectivity index (χ2v) is 4.64. The van der Waals surface area contributed by atoms with Crippen molar-refractivity contribution in [2.45, 2.75) is 33.6 Å². The minimum Gasteiger partial charge on any atom is -0.342 e. The summed E-state index contributed by atoms with van der Waals surface area (Å²) in [6.45, 7) is 6.59. The lowest BCUT2D eigenvalue weighted by Crippen LogP contribution is -1.93. The fourth-order valence-corrected chi connectivity index (χ4v) is 1.72. The Morgan fingerprint density at radius 2 is 2.13 bits per heavy atom. The third-order valence-corrected chi connectivity index (χ3v) is 2.64. The van der Waals surface area contributed by atoms with Gasteiger partial charge < -0.3 is 4.98 Å². The molecule has 0 saturated carbocycles. The second-order valence-electron chi connectivity index (χ2n) is 4.64. The number of aryl methyl sites for hydroxylation is 2. The van der Waals surface area contributed by atoms with Gasteiger partial charge in [-0.05, 0) is 37.0 Å². The lowest BCUT2D eigenvalue weighted by atomic mass is 10.1. The molecule has 1 N–H and O–H groups in total. The van der Waals surface area contributed by atoms with Gasteiger partial charge in [0.05, 0.1) is 11.0 Å². The number of nitrogens with zero attached hydrogens (tertiary/aromatic N) is 1. The Labute approximate surface area is 90.7 Å². The van der Waals surface area contributed by atoms with Crippen molar-refractivity contribution >= 4 is 11.0 Å². The van der Waals surface area contributed by atoms with Crippen molar-refractivity contribution in [2.75, 3.05) is 0 Å². The normalized spacial score (nSPS) is 11.5. The van der Waals surface area contributed by atoms with Gasteiger partial charge in [-0.2, -0.15) is 0 Å². The first-order valence-corrected chi connectivity index (χ1v) is 5.60. The first-order chi connectivity index (χ1) is 7.15. The average molecular weight is 202 g/mol. The molecular weight excluding hydrogens is 184 g/mol. The molecule has 80 valence electrons. The molecule has 2 heteroatoms. The Kier molecular flexibility index (Phi) is 2.76. The van der Waals surface area contributed by atoms with Gasteiger partial charge in [-0.25, -0.2) is 4.98 Å². The van der Waals surface area contributed by atoms with E-state index >= 15 is 0 Å². The number of aromatic nitrogens is 2. The highest BCUT2D eigenvalue weighted by atomic mass is 14.9. The minimum atomic E-state index is 0.736. The number of hydrogen-bond donors (Lipinski definition) is 1. The van der Waals surface area contributed by atoms with Crippen LogP contribution in [0.25, 0.3) is 11.0 Å². The van der Waals surface area contributed by atoms with Gasteiger partial charge in [0.15, 0.2) is 0 Å². The molecule has 15 heavy (non-hydrogen) atoms. The van der Waals surface area contributed by atoms with Gasteiger partial charge in [0, 0.05) is 6.42 Å². The highest BCUT2D eigenvalue weighted by Gasteiger charge is 2.03. The fraction of sp³-hybridized carbons (Fsp3) is 0.462. The van der Waals surface area contributed by atoms with Crippen molar-refractivity contribution < 1.29 is 0 Å². The molecule has 0 bridgehead atoms. The Morgan fingerprint density at radius 1 is 1.33 bits per heavy atom. The minimum absolute atomic E-state index is 0.736. The molecule has 0 aliphatic carbocycles. The van der Waals surface area contributed by atoms with Crippen LogP contribution in [0.5, 0.6) is 0 Å². The Hall–Kier alpha value is -1.31. The molecule has 2 rings (SSSR count). The highest BCUT2D eigenvalue weighted by molar-refractivity contribution is 5.75. The number of rotatable bonds is 3. The summed E-state index contributed by atoms with van der Waals surface area (Å²) < 4.78 is 0. The van der Waals surface area contributed by atoms with Gasteiger partial charge >= 0.3 is 0 Å². The predicted molar refractivity (Wildman–Crippen MR) is 64.0 cm³/mol. The van der Waals surface area contributed by atoms with E-state index < -0.39 is 0 Å². The molecule has 1 aromatic heterocycles. The van der Waals surface area contributed by atoms with Crippen LogP contribution in [0, 0.1) is 12.8 Å². The van der Waals surface area contributed by atoms with Gasteiger partial charge in [-0.3, -0.25) is 0 Å². The highest BCUT2D eigenvalue weighted by Crippen LogP contribution is 2.15. The molecule has 0 fully saturated rings.